The molecule has 0 spiro atoms. The molecule has 1 saturated heterocycles. The van der Waals surface area contributed by atoms with E-state index >= 15 is 0 Å². The quantitative estimate of drug-likeness (QED) is 0.326. The van der Waals surface area contributed by atoms with Crippen LogP contribution in [0.25, 0.3) is 28.6 Å². The summed E-state index contributed by atoms with van der Waals surface area (Å²) in [6.45, 7) is 5.14. The largest absolute Gasteiger partial charge is 0.491 e. The molecule has 1 aliphatic rings. The summed E-state index contributed by atoms with van der Waals surface area (Å²) in [6.07, 6.45) is -2.76. The fourth-order valence-corrected chi connectivity index (χ4v) is 4.09. The Hall–Kier alpha value is -3.67. The van der Waals surface area contributed by atoms with Crippen molar-refractivity contribution in [3.05, 3.63) is 65.1 Å². The number of aryl methyl sites for hydroxylation is 1. The van der Waals surface area contributed by atoms with Gasteiger partial charge >= 0.3 is 6.18 Å². The lowest BCUT2D eigenvalue weighted by Crippen LogP contribution is -2.27. The maximum Gasteiger partial charge on any atom is 0.417 e. The number of hydrogen-bond donors (Lipinski definition) is 1. The molecule has 3 aromatic heterocycles. The Bertz CT molecular complexity index is 1480. The van der Waals surface area contributed by atoms with Crippen molar-refractivity contribution in [2.75, 3.05) is 6.61 Å². The molecular formula is C23H17ClF5N5O2. The predicted octanol–water partition coefficient (Wildman–Crippen LogP) is 5.92. The van der Waals surface area contributed by atoms with E-state index in [0.717, 1.165) is 16.7 Å². The highest BCUT2D eigenvalue weighted by Gasteiger charge is 2.43. The molecule has 188 valence electrons. The molecule has 1 atom stereocenters. The van der Waals surface area contributed by atoms with Crippen molar-refractivity contribution in [1.82, 2.24) is 24.8 Å². The van der Waals surface area contributed by atoms with E-state index in [1.165, 1.54) is 6.20 Å². The number of fused-ring (bicyclic) bond motifs is 1. The normalized spacial score (nSPS) is 17.5. The summed E-state index contributed by atoms with van der Waals surface area (Å²) < 4.78 is 78.6. The molecule has 0 saturated carbocycles. The molecule has 7 nitrogen and oxygen atoms in total. The number of nitrogens with one attached hydrogen (secondary N) is 1. The van der Waals surface area contributed by atoms with Crippen LogP contribution in [0.4, 0.5) is 22.0 Å². The second-order valence-electron chi connectivity index (χ2n) is 8.37. The third-order valence-electron chi connectivity index (χ3n) is 5.67. The zero-order valence-corrected chi connectivity index (χ0v) is 19.3. The first-order valence-corrected chi connectivity index (χ1v) is 11.0. The zero-order chi connectivity index (χ0) is 25.8. The van der Waals surface area contributed by atoms with E-state index in [0.29, 0.717) is 16.9 Å². The van der Waals surface area contributed by atoms with Gasteiger partial charge in [-0.05, 0) is 36.8 Å². The molecule has 4 aromatic rings. The number of pyridine rings is 1. The zero-order valence-electron chi connectivity index (χ0n) is 18.5. The van der Waals surface area contributed by atoms with Gasteiger partial charge in [0.15, 0.2) is 5.65 Å². The molecule has 0 bridgehead atoms. The Kier molecular flexibility index (Phi) is 5.66. The Balaban J connectivity index is 1.34. The van der Waals surface area contributed by atoms with Crippen LogP contribution in [0.15, 0.2) is 53.5 Å². The molecule has 5 rings (SSSR count). The van der Waals surface area contributed by atoms with E-state index in [1.807, 2.05) is 0 Å². The second-order valence-corrected chi connectivity index (χ2v) is 8.78. The first kappa shape index (κ1) is 24.0. The lowest BCUT2D eigenvalue weighted by atomic mass is 10.1. The second kappa shape index (κ2) is 8.47. The van der Waals surface area contributed by atoms with Crippen LogP contribution >= 0.6 is 11.6 Å². The number of alkyl halides is 5. The van der Waals surface area contributed by atoms with Gasteiger partial charge in [0.25, 0.3) is 11.8 Å². The molecule has 1 aromatic carbocycles. The van der Waals surface area contributed by atoms with Crippen LogP contribution in [0.2, 0.25) is 5.02 Å². The van der Waals surface area contributed by atoms with Crippen LogP contribution in [0.5, 0.6) is 5.75 Å². The summed E-state index contributed by atoms with van der Waals surface area (Å²) in [5.41, 5.74) is 0.308. The van der Waals surface area contributed by atoms with Crippen molar-refractivity contribution >= 4 is 17.2 Å². The fourth-order valence-electron chi connectivity index (χ4n) is 3.84. The fraction of sp³-hybridized carbons (Fsp3) is 0.261. The molecule has 4 heterocycles. The van der Waals surface area contributed by atoms with Crippen LogP contribution in [0.1, 0.15) is 17.5 Å². The van der Waals surface area contributed by atoms with Gasteiger partial charge in [-0.25, -0.2) is 4.98 Å². The maximum atomic E-state index is 13.6. The lowest BCUT2D eigenvalue weighted by Gasteiger charge is -2.14. The molecule has 1 aliphatic heterocycles. The van der Waals surface area contributed by atoms with Crippen LogP contribution in [0, 0.1) is 6.92 Å². The summed E-state index contributed by atoms with van der Waals surface area (Å²) in [5.74, 6) is -2.26. The number of hydrogen-bond acceptors (Lipinski definition) is 6. The van der Waals surface area contributed by atoms with Crippen molar-refractivity contribution in [2.45, 2.75) is 31.5 Å². The third-order valence-corrected chi connectivity index (χ3v) is 5.95. The molecule has 1 N–H and O–H groups in total. The minimum absolute atomic E-state index is 0.0337. The average Bonchev–Trinajstić information content (AvgIpc) is 3.50. The topological polar surface area (TPSA) is 77.5 Å². The van der Waals surface area contributed by atoms with E-state index in [-0.39, 0.29) is 46.8 Å². The van der Waals surface area contributed by atoms with E-state index in [9.17, 15) is 22.0 Å². The molecule has 0 amide bonds. The Morgan fingerprint density at radius 3 is 2.69 bits per heavy atom. The van der Waals surface area contributed by atoms with Gasteiger partial charge in [-0.3, -0.25) is 0 Å². The Morgan fingerprint density at radius 1 is 1.25 bits per heavy atom. The van der Waals surface area contributed by atoms with Gasteiger partial charge in [0, 0.05) is 24.4 Å². The minimum Gasteiger partial charge on any atom is -0.491 e. The average molecular weight is 526 g/mol. The SMILES string of the molecule is C=C1NC(COc2ccc(-c3nc(-c4cn5cc(C(F)(F)F)cc(Cl)c5n4)no3)cc2C)CC1(F)F. The molecule has 0 aliphatic carbocycles. The summed E-state index contributed by atoms with van der Waals surface area (Å²) >= 11 is 5.99. The maximum absolute atomic E-state index is 13.6. The standard InChI is InChI=1S/C23H17ClF5N5O2/c1-11-5-13(3-4-18(11)35-10-15-7-22(25,26)12(2)30-15)21-32-19(33-36-21)17-9-34-8-14(23(27,28)29)6-16(24)20(34)31-17/h3-6,8-9,15,30H,2,7,10H2,1H3. The van der Waals surface area contributed by atoms with Gasteiger partial charge < -0.3 is 19.0 Å². The first-order chi connectivity index (χ1) is 16.9. The Morgan fingerprint density at radius 2 is 2.03 bits per heavy atom. The molecule has 0 radical (unpaired) electrons. The Labute approximate surface area is 205 Å². The number of imidazole rings is 1. The van der Waals surface area contributed by atoms with Crippen molar-refractivity contribution in [3.8, 4) is 28.7 Å². The molecular weight excluding hydrogens is 509 g/mol. The summed E-state index contributed by atoms with van der Waals surface area (Å²) in [4.78, 5) is 8.50. The number of nitrogens with zero attached hydrogens (tertiary/aromatic N) is 4. The summed E-state index contributed by atoms with van der Waals surface area (Å²) in [5, 5.41) is 6.34. The van der Waals surface area contributed by atoms with Crippen molar-refractivity contribution in [2.24, 2.45) is 0 Å². The molecule has 36 heavy (non-hydrogen) atoms. The van der Waals surface area contributed by atoms with Crippen molar-refractivity contribution < 1.29 is 31.2 Å². The van der Waals surface area contributed by atoms with Gasteiger partial charge in [0.05, 0.1) is 22.3 Å². The monoisotopic (exact) mass is 525 g/mol. The van der Waals surface area contributed by atoms with E-state index in [2.05, 4.69) is 27.0 Å². The van der Waals surface area contributed by atoms with Crippen LogP contribution in [-0.2, 0) is 6.18 Å². The third kappa shape index (κ3) is 4.48. The van der Waals surface area contributed by atoms with Gasteiger partial charge in [-0.1, -0.05) is 23.3 Å². The van der Waals surface area contributed by atoms with Gasteiger partial charge in [-0.2, -0.15) is 26.9 Å². The van der Waals surface area contributed by atoms with E-state index in [1.54, 1.807) is 25.1 Å². The number of aromatic nitrogens is 4. The van der Waals surface area contributed by atoms with Gasteiger partial charge in [-0.15, -0.1) is 0 Å². The smallest absolute Gasteiger partial charge is 0.417 e. The number of rotatable bonds is 5. The van der Waals surface area contributed by atoms with Crippen molar-refractivity contribution in [3.63, 3.8) is 0 Å². The minimum atomic E-state index is -4.57. The highest BCUT2D eigenvalue weighted by molar-refractivity contribution is 6.33. The van der Waals surface area contributed by atoms with Gasteiger partial charge in [0.1, 0.15) is 18.1 Å². The number of ether oxygens (including phenoxy) is 1. The highest BCUT2D eigenvalue weighted by atomic mass is 35.5. The molecule has 1 fully saturated rings. The molecule has 13 heteroatoms. The number of halogens is 6. The van der Waals surface area contributed by atoms with Crippen molar-refractivity contribution in [1.29, 1.82) is 0 Å². The highest BCUT2D eigenvalue weighted by Crippen LogP contribution is 2.35. The van der Waals surface area contributed by atoms with Gasteiger partial charge in [0.2, 0.25) is 5.82 Å². The lowest BCUT2D eigenvalue weighted by molar-refractivity contribution is -0.137. The molecule has 1 unspecified atom stereocenters. The van der Waals surface area contributed by atoms with Crippen LogP contribution < -0.4 is 10.1 Å². The number of allylic oxidation sites excluding steroid dienone is 1. The first-order valence-electron chi connectivity index (χ1n) is 10.6. The summed E-state index contributed by atoms with van der Waals surface area (Å²) in [7, 11) is 0. The van der Waals surface area contributed by atoms with Crippen LogP contribution in [-0.4, -0.2) is 38.1 Å². The van der Waals surface area contributed by atoms with E-state index < -0.39 is 23.7 Å². The predicted molar refractivity (Wildman–Crippen MR) is 120 cm³/mol. The summed E-state index contributed by atoms with van der Waals surface area (Å²) in [6, 6.07) is 5.27. The number of benzene rings is 1. The van der Waals surface area contributed by atoms with Crippen LogP contribution in [0.3, 0.4) is 0 Å². The van der Waals surface area contributed by atoms with E-state index in [4.69, 9.17) is 20.9 Å².